The van der Waals surface area contributed by atoms with Crippen LogP contribution < -0.4 is 16.2 Å². The molecular weight excluding hydrogens is 364 g/mol. The first-order chi connectivity index (χ1) is 13.1. The first-order valence-corrected chi connectivity index (χ1v) is 9.88. The van der Waals surface area contributed by atoms with Crippen LogP contribution in [0, 0.1) is 0 Å². The van der Waals surface area contributed by atoms with Crippen LogP contribution in [0.2, 0.25) is 0 Å². The highest BCUT2D eigenvalue weighted by Gasteiger charge is 2.13. The van der Waals surface area contributed by atoms with Gasteiger partial charge in [-0.05, 0) is 44.2 Å². The van der Waals surface area contributed by atoms with E-state index >= 15 is 0 Å². The number of carbonyl (C=O) groups excluding carboxylic acids is 2. The largest absolute Gasteiger partial charge is 0.355 e. The van der Waals surface area contributed by atoms with Crippen LogP contribution in [0.3, 0.4) is 0 Å². The predicted octanol–water partition coefficient (Wildman–Crippen LogP) is 2.63. The predicted molar refractivity (Wildman–Crippen MR) is 105 cm³/mol. The Morgan fingerprint density at radius 1 is 1.30 bits per heavy atom. The molecule has 0 saturated carbocycles. The maximum atomic E-state index is 12.1. The van der Waals surface area contributed by atoms with Crippen LogP contribution in [-0.2, 0) is 11.2 Å². The number of rotatable bonds is 7. The van der Waals surface area contributed by atoms with Gasteiger partial charge in [0.05, 0.1) is 12.1 Å². The zero-order valence-electron chi connectivity index (χ0n) is 14.9. The van der Waals surface area contributed by atoms with Crippen molar-refractivity contribution in [3.8, 4) is 0 Å². The number of pyridine rings is 1. The number of hydrogen-bond donors (Lipinski definition) is 3. The highest BCUT2D eigenvalue weighted by molar-refractivity contribution is 7.14. The first-order valence-electron chi connectivity index (χ1n) is 9.00. The molecule has 0 fully saturated rings. The summed E-state index contributed by atoms with van der Waals surface area (Å²) in [6, 6.07) is 3.02. The first kappa shape index (κ1) is 19.0. The van der Waals surface area contributed by atoms with Crippen molar-refractivity contribution in [2.24, 2.45) is 0 Å². The van der Waals surface area contributed by atoms with Gasteiger partial charge >= 0.3 is 0 Å². The maximum absolute atomic E-state index is 12.1. The van der Waals surface area contributed by atoms with Gasteiger partial charge in [0.15, 0.2) is 5.13 Å². The number of nitrogens with zero attached hydrogens (tertiary/aromatic N) is 1. The molecule has 3 N–H and O–H groups in total. The van der Waals surface area contributed by atoms with Crippen LogP contribution in [0.5, 0.6) is 0 Å². The lowest BCUT2D eigenvalue weighted by molar-refractivity contribution is -0.120. The Labute approximate surface area is 160 Å². The van der Waals surface area contributed by atoms with Crippen LogP contribution in [0.15, 0.2) is 40.2 Å². The summed E-state index contributed by atoms with van der Waals surface area (Å²) in [6.45, 7) is 0.634. The van der Waals surface area contributed by atoms with Gasteiger partial charge in [-0.15, -0.1) is 11.3 Å². The van der Waals surface area contributed by atoms with Crippen LogP contribution in [0.4, 0.5) is 5.13 Å². The summed E-state index contributed by atoms with van der Waals surface area (Å²) in [6.07, 6.45) is 9.58. The van der Waals surface area contributed by atoms with Crippen molar-refractivity contribution in [3.63, 3.8) is 0 Å². The number of amides is 2. The molecule has 2 amide bonds. The molecule has 1 aliphatic rings. The van der Waals surface area contributed by atoms with E-state index in [2.05, 4.69) is 26.7 Å². The minimum atomic E-state index is -0.525. The SMILES string of the molecule is O=C(Cc1csc(NC(=O)c2ccc[nH]c2=O)n1)NCCC1=CCCCC1. The third-order valence-corrected chi connectivity index (χ3v) is 5.14. The topological polar surface area (TPSA) is 104 Å². The van der Waals surface area contributed by atoms with Gasteiger partial charge in [0.2, 0.25) is 5.91 Å². The Morgan fingerprint density at radius 3 is 2.96 bits per heavy atom. The Kier molecular flexibility index (Phi) is 6.54. The number of nitrogens with one attached hydrogen (secondary N) is 3. The zero-order chi connectivity index (χ0) is 19.1. The van der Waals surface area contributed by atoms with E-state index in [0.29, 0.717) is 17.4 Å². The second kappa shape index (κ2) is 9.27. The van der Waals surface area contributed by atoms with Gasteiger partial charge in [-0.25, -0.2) is 4.98 Å². The molecular formula is C19H22N4O3S. The normalized spacial score (nSPS) is 13.7. The van der Waals surface area contributed by atoms with Gasteiger partial charge in [0, 0.05) is 18.1 Å². The smallest absolute Gasteiger partial charge is 0.263 e. The summed E-state index contributed by atoms with van der Waals surface area (Å²) in [5.41, 5.74) is 1.58. The van der Waals surface area contributed by atoms with Crippen molar-refractivity contribution in [1.29, 1.82) is 0 Å². The lowest BCUT2D eigenvalue weighted by Crippen LogP contribution is -2.26. The summed E-state index contributed by atoms with van der Waals surface area (Å²) in [5, 5.41) is 7.59. The second-order valence-corrected chi connectivity index (χ2v) is 7.25. The molecule has 142 valence electrons. The van der Waals surface area contributed by atoms with Crippen LogP contribution >= 0.6 is 11.3 Å². The molecule has 0 radical (unpaired) electrons. The number of anilines is 1. The zero-order valence-corrected chi connectivity index (χ0v) is 15.7. The van der Waals surface area contributed by atoms with Crippen molar-refractivity contribution >= 4 is 28.3 Å². The number of carbonyl (C=O) groups is 2. The van der Waals surface area contributed by atoms with Crippen LogP contribution in [0.25, 0.3) is 0 Å². The molecule has 0 saturated heterocycles. The third kappa shape index (κ3) is 5.62. The van der Waals surface area contributed by atoms with Gasteiger partial charge < -0.3 is 10.3 Å². The number of hydrogen-bond acceptors (Lipinski definition) is 5. The van der Waals surface area contributed by atoms with E-state index in [1.165, 1.54) is 42.0 Å². The maximum Gasteiger partial charge on any atom is 0.263 e. The summed E-state index contributed by atoms with van der Waals surface area (Å²) >= 11 is 1.22. The monoisotopic (exact) mass is 386 g/mol. The van der Waals surface area contributed by atoms with Crippen molar-refractivity contribution < 1.29 is 9.59 Å². The van der Waals surface area contributed by atoms with Gasteiger partial charge in [-0.2, -0.15) is 0 Å². The van der Waals surface area contributed by atoms with Gasteiger partial charge in [-0.3, -0.25) is 19.7 Å². The van der Waals surface area contributed by atoms with E-state index in [9.17, 15) is 14.4 Å². The third-order valence-electron chi connectivity index (χ3n) is 4.33. The van der Waals surface area contributed by atoms with Crippen molar-refractivity contribution in [2.75, 3.05) is 11.9 Å². The summed E-state index contributed by atoms with van der Waals surface area (Å²) in [7, 11) is 0. The Bertz CT molecular complexity index is 900. The lowest BCUT2D eigenvalue weighted by Gasteiger charge is -2.12. The molecule has 0 aliphatic heterocycles. The van der Waals surface area contributed by atoms with Crippen LogP contribution in [0.1, 0.15) is 48.2 Å². The molecule has 3 rings (SSSR count). The molecule has 0 bridgehead atoms. The highest BCUT2D eigenvalue weighted by atomic mass is 32.1. The van der Waals surface area contributed by atoms with E-state index in [1.54, 1.807) is 11.4 Å². The summed E-state index contributed by atoms with van der Waals surface area (Å²) in [4.78, 5) is 42.5. The summed E-state index contributed by atoms with van der Waals surface area (Å²) < 4.78 is 0. The van der Waals surface area contributed by atoms with Gasteiger partial charge in [0.1, 0.15) is 5.56 Å². The molecule has 7 nitrogen and oxygen atoms in total. The average molecular weight is 386 g/mol. The average Bonchev–Trinajstić information content (AvgIpc) is 3.09. The van der Waals surface area contributed by atoms with Gasteiger partial charge in [0.25, 0.3) is 11.5 Å². The molecule has 0 unspecified atom stereocenters. The molecule has 2 aromatic heterocycles. The van der Waals surface area contributed by atoms with Crippen molar-refractivity contribution in [3.05, 3.63) is 57.0 Å². The number of allylic oxidation sites excluding steroid dienone is 1. The molecule has 1 aliphatic carbocycles. The van der Waals surface area contributed by atoms with Crippen LogP contribution in [-0.4, -0.2) is 28.3 Å². The molecule has 0 atom stereocenters. The minimum Gasteiger partial charge on any atom is -0.355 e. The number of aromatic nitrogens is 2. The fraction of sp³-hybridized carbons (Fsp3) is 0.368. The van der Waals surface area contributed by atoms with E-state index in [4.69, 9.17) is 0 Å². The number of aromatic amines is 1. The minimum absolute atomic E-state index is 0.0176. The fourth-order valence-electron chi connectivity index (χ4n) is 2.93. The summed E-state index contributed by atoms with van der Waals surface area (Å²) in [5.74, 6) is -0.614. The molecule has 2 aromatic rings. The van der Waals surface area contributed by atoms with Crippen molar-refractivity contribution in [1.82, 2.24) is 15.3 Å². The number of H-pyrrole nitrogens is 1. The molecule has 0 spiro atoms. The lowest BCUT2D eigenvalue weighted by atomic mass is 9.97. The van der Waals surface area contributed by atoms with E-state index in [-0.39, 0.29) is 17.9 Å². The standard InChI is InChI=1S/C19H22N4O3S/c24-16(20-10-8-13-5-2-1-3-6-13)11-14-12-27-19(22-14)23-18(26)15-7-4-9-21-17(15)25/h4-5,7,9,12H,1-3,6,8,10-11H2,(H,20,24)(H,21,25)(H,22,23,26). The Morgan fingerprint density at radius 2 is 2.19 bits per heavy atom. The van der Waals surface area contributed by atoms with E-state index in [1.807, 2.05) is 0 Å². The fourth-order valence-corrected chi connectivity index (χ4v) is 3.64. The van der Waals surface area contributed by atoms with E-state index in [0.717, 1.165) is 19.3 Å². The molecule has 8 heteroatoms. The molecule has 0 aromatic carbocycles. The second-order valence-electron chi connectivity index (χ2n) is 6.40. The molecule has 27 heavy (non-hydrogen) atoms. The van der Waals surface area contributed by atoms with Crippen molar-refractivity contribution in [2.45, 2.75) is 38.5 Å². The van der Waals surface area contributed by atoms with Gasteiger partial charge in [-0.1, -0.05) is 11.6 Å². The highest BCUT2D eigenvalue weighted by Crippen LogP contribution is 2.19. The molecule has 2 heterocycles. The Hall–Kier alpha value is -2.74. The quantitative estimate of drug-likeness (QED) is 0.636. The van der Waals surface area contributed by atoms with E-state index < -0.39 is 11.5 Å². The number of thiazole rings is 1. The Balaban J connectivity index is 1.46.